The van der Waals surface area contributed by atoms with Crippen molar-refractivity contribution >= 4 is 39.1 Å². The van der Waals surface area contributed by atoms with Gasteiger partial charge in [0.2, 0.25) is 5.91 Å². The van der Waals surface area contributed by atoms with Gasteiger partial charge in [-0.1, -0.05) is 6.07 Å². The van der Waals surface area contributed by atoms with Crippen molar-refractivity contribution in [3.05, 3.63) is 76.3 Å². The minimum atomic E-state index is -3.76. The Morgan fingerprint density at radius 3 is 2.40 bits per heavy atom. The van der Waals surface area contributed by atoms with Gasteiger partial charge in [-0.25, -0.2) is 13.2 Å². The zero-order valence-electron chi connectivity index (χ0n) is 27.3. The maximum absolute atomic E-state index is 14.7. The number of amides is 3. The summed E-state index contributed by atoms with van der Waals surface area (Å²) in [6.07, 6.45) is 0.430. The topological polar surface area (TPSA) is 152 Å². The molecule has 13 heteroatoms. The molecule has 1 saturated heterocycles. The van der Waals surface area contributed by atoms with Crippen LogP contribution in [0, 0.1) is 6.92 Å². The summed E-state index contributed by atoms with van der Waals surface area (Å²) in [7, 11) is 0.509. The van der Waals surface area contributed by atoms with E-state index in [9.17, 15) is 22.8 Å². The summed E-state index contributed by atoms with van der Waals surface area (Å²) in [6, 6.07) is 11.9. The molecular weight excluding hydrogens is 624 g/mol. The predicted molar refractivity (Wildman–Crippen MR) is 177 cm³/mol. The van der Waals surface area contributed by atoms with E-state index in [-0.39, 0.29) is 16.7 Å². The molecule has 1 fully saturated rings. The summed E-state index contributed by atoms with van der Waals surface area (Å²) in [6.45, 7) is 5.94. The fourth-order valence-corrected chi connectivity index (χ4v) is 7.47. The van der Waals surface area contributed by atoms with Crippen molar-refractivity contribution in [2.24, 2.45) is 0 Å². The van der Waals surface area contributed by atoms with Gasteiger partial charge >= 0.3 is 6.09 Å². The molecular formula is C34H40N4O8S. The first-order valence-corrected chi connectivity index (χ1v) is 16.9. The molecule has 3 N–H and O–H groups in total. The van der Waals surface area contributed by atoms with Gasteiger partial charge in [-0.3, -0.25) is 14.9 Å². The van der Waals surface area contributed by atoms with E-state index in [2.05, 4.69) is 16.0 Å². The number of likely N-dealkylation sites (tertiary alicyclic amines) is 1. The first-order valence-electron chi connectivity index (χ1n) is 15.3. The SMILES string of the molecule is COC(=O)Nc1ccc(S(=O)(=O)C(C)C)c([C@H]2CCCN2C(=O)C(Nc2cc(C)c3c(c2)C(=O)NC3)c2ccc(OC)c(OC)c2)c1. The summed E-state index contributed by atoms with van der Waals surface area (Å²) >= 11 is 0. The Labute approximate surface area is 274 Å². The van der Waals surface area contributed by atoms with Crippen LogP contribution in [0.2, 0.25) is 0 Å². The molecule has 0 radical (unpaired) electrons. The minimum absolute atomic E-state index is 0.100. The van der Waals surface area contributed by atoms with Crippen molar-refractivity contribution in [2.75, 3.05) is 38.5 Å². The molecule has 0 saturated carbocycles. The summed E-state index contributed by atoms with van der Waals surface area (Å²) in [5, 5.41) is 8.12. The molecule has 3 amide bonds. The molecule has 2 atom stereocenters. The van der Waals surface area contributed by atoms with Crippen LogP contribution >= 0.6 is 0 Å². The molecule has 0 spiro atoms. The van der Waals surface area contributed by atoms with E-state index in [0.717, 1.165) is 11.1 Å². The van der Waals surface area contributed by atoms with E-state index >= 15 is 0 Å². The number of nitrogens with zero attached hydrogens (tertiary/aromatic N) is 1. The van der Waals surface area contributed by atoms with E-state index in [4.69, 9.17) is 14.2 Å². The second-order valence-corrected chi connectivity index (χ2v) is 14.3. The number of aryl methyl sites for hydroxylation is 1. The number of methoxy groups -OCH3 is 3. The summed E-state index contributed by atoms with van der Waals surface area (Å²) in [5.74, 6) is 0.435. The normalized spacial score (nSPS) is 16.4. The van der Waals surface area contributed by atoms with Crippen molar-refractivity contribution in [3.63, 3.8) is 0 Å². The highest BCUT2D eigenvalue weighted by Crippen LogP contribution is 2.41. The van der Waals surface area contributed by atoms with Gasteiger partial charge in [-0.15, -0.1) is 0 Å². The monoisotopic (exact) mass is 664 g/mol. The number of nitrogens with one attached hydrogen (secondary N) is 3. The quantitative estimate of drug-likeness (QED) is 0.268. The Morgan fingerprint density at radius 2 is 1.72 bits per heavy atom. The third kappa shape index (κ3) is 6.57. The van der Waals surface area contributed by atoms with E-state index in [1.54, 1.807) is 49.1 Å². The Balaban J connectivity index is 1.60. The first kappa shape index (κ1) is 33.6. The van der Waals surface area contributed by atoms with E-state index < -0.39 is 33.3 Å². The number of benzene rings is 3. The molecule has 2 aliphatic rings. The fraction of sp³-hybridized carbons (Fsp3) is 0.382. The lowest BCUT2D eigenvalue weighted by atomic mass is 9.99. The first-order chi connectivity index (χ1) is 22.4. The summed E-state index contributed by atoms with van der Waals surface area (Å²) in [4.78, 5) is 41.1. The molecule has 1 unspecified atom stereocenters. The molecule has 0 aromatic heterocycles. The highest BCUT2D eigenvalue weighted by Gasteiger charge is 2.38. The minimum Gasteiger partial charge on any atom is -0.493 e. The van der Waals surface area contributed by atoms with Gasteiger partial charge in [-0.2, -0.15) is 0 Å². The van der Waals surface area contributed by atoms with Gasteiger partial charge in [0.05, 0.1) is 37.5 Å². The van der Waals surface area contributed by atoms with Crippen LogP contribution in [0.25, 0.3) is 0 Å². The van der Waals surface area contributed by atoms with Crippen molar-refractivity contribution in [1.82, 2.24) is 10.2 Å². The van der Waals surface area contributed by atoms with Crippen molar-refractivity contribution in [1.29, 1.82) is 0 Å². The lowest BCUT2D eigenvalue weighted by Crippen LogP contribution is -2.38. The highest BCUT2D eigenvalue weighted by atomic mass is 32.2. The Kier molecular flexibility index (Phi) is 9.66. The van der Waals surface area contributed by atoms with Gasteiger partial charge in [-0.05, 0) is 98.3 Å². The second-order valence-electron chi connectivity index (χ2n) is 11.8. The molecule has 3 aromatic carbocycles. The molecule has 12 nitrogen and oxygen atoms in total. The van der Waals surface area contributed by atoms with Gasteiger partial charge < -0.3 is 29.7 Å². The maximum Gasteiger partial charge on any atom is 0.411 e. The number of carbonyl (C=O) groups is 3. The van der Waals surface area contributed by atoms with Crippen LogP contribution < -0.4 is 25.4 Å². The van der Waals surface area contributed by atoms with E-state index in [1.807, 2.05) is 13.0 Å². The van der Waals surface area contributed by atoms with Crippen LogP contribution in [-0.4, -0.2) is 64.3 Å². The number of anilines is 2. The standard InChI is InChI=1S/C34H40N4O8S/c1-19(2)47(42,43)30-12-10-22(37-34(41)46-6)16-25(30)27-8-7-13-38(27)33(40)31(21-9-11-28(44-4)29(15-21)45-5)36-23-14-20(3)26-18-35-32(39)24(26)17-23/h9-12,14-17,19,27,31,36H,7-8,13,18H2,1-6H3,(H,35,39)(H,37,41)/t27-,31?/m1/s1. The number of sulfone groups is 1. The van der Waals surface area contributed by atoms with Crippen LogP contribution in [0.5, 0.6) is 11.5 Å². The van der Waals surface area contributed by atoms with Crippen molar-refractivity contribution in [3.8, 4) is 11.5 Å². The zero-order valence-corrected chi connectivity index (χ0v) is 28.1. The number of hydrogen-bond donors (Lipinski definition) is 3. The molecule has 3 aromatic rings. The van der Waals surface area contributed by atoms with Crippen molar-refractivity contribution in [2.45, 2.75) is 62.4 Å². The van der Waals surface area contributed by atoms with Gasteiger partial charge in [0, 0.05) is 30.0 Å². The number of carbonyl (C=O) groups excluding carboxylic acids is 3. The van der Waals surface area contributed by atoms with Crippen molar-refractivity contribution < 1.29 is 37.0 Å². The number of ether oxygens (including phenoxy) is 3. The average molecular weight is 665 g/mol. The fourth-order valence-electron chi connectivity index (χ4n) is 6.18. The molecule has 250 valence electrons. The average Bonchev–Trinajstić information content (AvgIpc) is 3.70. The lowest BCUT2D eigenvalue weighted by Gasteiger charge is -2.32. The second kappa shape index (κ2) is 13.5. The smallest absolute Gasteiger partial charge is 0.411 e. The zero-order chi connectivity index (χ0) is 34.0. The number of fused-ring (bicyclic) bond motifs is 1. The lowest BCUT2D eigenvalue weighted by molar-refractivity contribution is -0.133. The van der Waals surface area contributed by atoms with Crippen LogP contribution in [-0.2, 0) is 25.9 Å². The predicted octanol–water partition coefficient (Wildman–Crippen LogP) is 5.13. The summed E-state index contributed by atoms with van der Waals surface area (Å²) in [5.41, 5.74) is 4.27. The van der Waals surface area contributed by atoms with Gasteiger partial charge in [0.15, 0.2) is 21.3 Å². The molecule has 2 aliphatic heterocycles. The molecule has 2 heterocycles. The van der Waals surface area contributed by atoms with Gasteiger partial charge in [0.25, 0.3) is 5.91 Å². The highest BCUT2D eigenvalue weighted by molar-refractivity contribution is 7.92. The Bertz CT molecular complexity index is 1820. The van der Waals surface area contributed by atoms with Gasteiger partial charge in [0.1, 0.15) is 6.04 Å². The molecule has 47 heavy (non-hydrogen) atoms. The van der Waals surface area contributed by atoms with Crippen LogP contribution in [0.4, 0.5) is 16.2 Å². The third-order valence-electron chi connectivity index (χ3n) is 8.71. The summed E-state index contributed by atoms with van der Waals surface area (Å²) < 4.78 is 42.9. The molecule has 0 aliphatic carbocycles. The molecule has 5 rings (SSSR count). The Hall–Kier alpha value is -4.78. The largest absolute Gasteiger partial charge is 0.493 e. The van der Waals surface area contributed by atoms with E-state index in [0.29, 0.717) is 65.5 Å². The Morgan fingerprint density at radius 1 is 0.979 bits per heavy atom. The molecule has 0 bridgehead atoms. The van der Waals surface area contributed by atoms with E-state index in [1.165, 1.54) is 33.5 Å². The van der Waals surface area contributed by atoms with Crippen LogP contribution in [0.1, 0.15) is 71.4 Å². The van der Waals surface area contributed by atoms with Crippen LogP contribution in [0.15, 0.2) is 53.4 Å². The third-order valence-corrected chi connectivity index (χ3v) is 10.9. The number of hydrogen-bond acceptors (Lipinski definition) is 9. The number of rotatable bonds is 10. The van der Waals surface area contributed by atoms with Crippen LogP contribution in [0.3, 0.4) is 0 Å². The maximum atomic E-state index is 14.7.